The van der Waals surface area contributed by atoms with E-state index < -0.39 is 22.7 Å². The topological polar surface area (TPSA) is 168 Å². The van der Waals surface area contributed by atoms with E-state index in [4.69, 9.17) is 18.9 Å². The number of non-ortho nitro benzene ring substituents is 1. The molecule has 3 aromatic rings. The minimum absolute atomic E-state index is 0.111. The summed E-state index contributed by atoms with van der Waals surface area (Å²) in [6.07, 6.45) is 1.33. The summed E-state index contributed by atoms with van der Waals surface area (Å²) < 4.78 is 20.9. The van der Waals surface area contributed by atoms with E-state index in [2.05, 4.69) is 15.8 Å². The second-order valence-corrected chi connectivity index (χ2v) is 7.65. The van der Waals surface area contributed by atoms with E-state index in [1.54, 1.807) is 12.1 Å². The van der Waals surface area contributed by atoms with E-state index in [9.17, 15) is 24.5 Å². The van der Waals surface area contributed by atoms with Crippen molar-refractivity contribution < 1.29 is 38.3 Å². The van der Waals surface area contributed by atoms with E-state index in [0.29, 0.717) is 17.1 Å². The predicted molar refractivity (Wildman–Crippen MR) is 139 cm³/mol. The summed E-state index contributed by atoms with van der Waals surface area (Å²) in [5.74, 6) is -0.621. The Morgan fingerprint density at radius 1 is 0.846 bits per heavy atom. The van der Waals surface area contributed by atoms with Crippen molar-refractivity contribution >= 4 is 29.7 Å². The van der Waals surface area contributed by atoms with Gasteiger partial charge in [-0.05, 0) is 54.1 Å². The van der Waals surface area contributed by atoms with Crippen LogP contribution in [0, 0.1) is 10.1 Å². The number of nitrogens with zero attached hydrogens (tertiary/aromatic N) is 2. The molecule has 0 saturated heterocycles. The zero-order valence-corrected chi connectivity index (χ0v) is 21.1. The molecule has 3 rings (SSSR count). The molecule has 0 aliphatic carbocycles. The number of carbonyl (C=O) groups is 3. The zero-order valence-electron chi connectivity index (χ0n) is 21.1. The predicted octanol–water partition coefficient (Wildman–Crippen LogP) is 2.72. The van der Waals surface area contributed by atoms with Crippen LogP contribution in [-0.2, 0) is 4.79 Å². The second-order valence-electron chi connectivity index (χ2n) is 7.65. The molecule has 0 aromatic heterocycles. The number of nitro groups is 1. The van der Waals surface area contributed by atoms with Crippen molar-refractivity contribution in [1.29, 1.82) is 0 Å². The van der Waals surface area contributed by atoms with Crippen LogP contribution in [0.1, 0.15) is 26.3 Å². The van der Waals surface area contributed by atoms with Crippen LogP contribution in [0.3, 0.4) is 0 Å². The molecule has 2 N–H and O–H groups in total. The Morgan fingerprint density at radius 3 is 2.10 bits per heavy atom. The molecule has 0 unspecified atom stereocenters. The standard InChI is InChI=1S/C26H24N4O9/c1-36-20-11-7-18(13-23(20)38-3)25(32)27-15-24(31)29-28-14-16-4-10-21(22(12-16)37-2)39-26(33)17-5-8-19(9-6-17)30(34)35/h4-14H,15H2,1-3H3,(H,27,32)(H,29,31)/b28-14-. The third kappa shape index (κ3) is 7.52. The highest BCUT2D eigenvalue weighted by molar-refractivity contribution is 5.97. The largest absolute Gasteiger partial charge is 0.493 e. The highest BCUT2D eigenvalue weighted by Crippen LogP contribution is 2.29. The summed E-state index contributed by atoms with van der Waals surface area (Å²) in [5, 5.41) is 17.1. The van der Waals surface area contributed by atoms with Crippen molar-refractivity contribution in [3.05, 3.63) is 87.5 Å². The van der Waals surface area contributed by atoms with Gasteiger partial charge in [0.15, 0.2) is 23.0 Å². The van der Waals surface area contributed by atoms with Crippen molar-refractivity contribution in [3.63, 3.8) is 0 Å². The smallest absolute Gasteiger partial charge is 0.343 e. The van der Waals surface area contributed by atoms with Gasteiger partial charge in [0, 0.05) is 17.7 Å². The van der Waals surface area contributed by atoms with Crippen LogP contribution in [0.15, 0.2) is 65.8 Å². The number of esters is 1. The van der Waals surface area contributed by atoms with Gasteiger partial charge in [0.2, 0.25) is 0 Å². The maximum Gasteiger partial charge on any atom is 0.343 e. The molecule has 0 fully saturated rings. The molecular weight excluding hydrogens is 512 g/mol. The van der Waals surface area contributed by atoms with Crippen LogP contribution in [0.4, 0.5) is 5.69 Å². The van der Waals surface area contributed by atoms with Gasteiger partial charge in [-0.25, -0.2) is 10.2 Å². The van der Waals surface area contributed by atoms with Crippen molar-refractivity contribution in [2.24, 2.45) is 5.10 Å². The number of hydrogen-bond donors (Lipinski definition) is 2. The monoisotopic (exact) mass is 536 g/mol. The fourth-order valence-corrected chi connectivity index (χ4v) is 3.19. The van der Waals surface area contributed by atoms with Crippen molar-refractivity contribution in [3.8, 4) is 23.0 Å². The third-order valence-electron chi connectivity index (χ3n) is 5.16. The van der Waals surface area contributed by atoms with Crippen LogP contribution < -0.4 is 29.7 Å². The Bertz CT molecular complexity index is 1410. The summed E-state index contributed by atoms with van der Waals surface area (Å²) in [7, 11) is 4.30. The number of nitro benzene ring substituents is 1. The Labute approximate surface area is 222 Å². The SMILES string of the molecule is COc1ccc(C(=O)NCC(=O)N/N=C\c2ccc(OC(=O)c3ccc([N+](=O)[O-])cc3)c(OC)c2)cc1OC. The lowest BCUT2D eigenvalue weighted by Crippen LogP contribution is -2.34. The molecule has 13 nitrogen and oxygen atoms in total. The second kappa shape index (κ2) is 13.2. The number of hydrogen-bond acceptors (Lipinski definition) is 10. The molecule has 0 saturated carbocycles. The van der Waals surface area contributed by atoms with E-state index in [1.807, 2.05) is 0 Å². The van der Waals surface area contributed by atoms with Crippen LogP contribution in [0.2, 0.25) is 0 Å². The number of carbonyl (C=O) groups excluding carboxylic acids is 3. The normalized spacial score (nSPS) is 10.4. The quantitative estimate of drug-likeness (QED) is 0.123. The highest BCUT2D eigenvalue weighted by atomic mass is 16.6. The first kappa shape index (κ1) is 28.1. The van der Waals surface area contributed by atoms with Gasteiger partial charge in [-0.3, -0.25) is 19.7 Å². The van der Waals surface area contributed by atoms with Crippen molar-refractivity contribution in [1.82, 2.24) is 10.7 Å². The summed E-state index contributed by atoms with van der Waals surface area (Å²) in [6.45, 7) is -0.328. The van der Waals surface area contributed by atoms with Crippen LogP contribution in [0.25, 0.3) is 0 Å². The van der Waals surface area contributed by atoms with Gasteiger partial charge in [-0.2, -0.15) is 5.10 Å². The average Bonchev–Trinajstić information content (AvgIpc) is 2.96. The fraction of sp³-hybridized carbons (Fsp3) is 0.154. The molecule has 0 radical (unpaired) electrons. The Balaban J connectivity index is 1.54. The molecule has 0 spiro atoms. The van der Waals surface area contributed by atoms with E-state index in [-0.39, 0.29) is 34.9 Å². The van der Waals surface area contributed by atoms with Crippen LogP contribution in [-0.4, -0.2) is 56.8 Å². The maximum atomic E-state index is 12.4. The van der Waals surface area contributed by atoms with Crippen molar-refractivity contribution in [2.75, 3.05) is 27.9 Å². The highest BCUT2D eigenvalue weighted by Gasteiger charge is 2.15. The van der Waals surface area contributed by atoms with E-state index in [0.717, 1.165) is 0 Å². The maximum absolute atomic E-state index is 12.4. The number of nitrogens with one attached hydrogen (secondary N) is 2. The molecule has 202 valence electrons. The van der Waals surface area contributed by atoms with Gasteiger partial charge in [0.25, 0.3) is 17.5 Å². The lowest BCUT2D eigenvalue weighted by molar-refractivity contribution is -0.384. The first-order valence-corrected chi connectivity index (χ1v) is 11.2. The summed E-state index contributed by atoms with van der Waals surface area (Å²) in [4.78, 5) is 47.0. The average molecular weight is 536 g/mol. The molecule has 3 aromatic carbocycles. The molecule has 0 atom stereocenters. The molecule has 0 aliphatic rings. The van der Waals surface area contributed by atoms with Gasteiger partial charge in [-0.15, -0.1) is 0 Å². The molecular formula is C26H24N4O9. The summed E-state index contributed by atoms with van der Waals surface area (Å²) >= 11 is 0. The van der Waals surface area contributed by atoms with Gasteiger partial charge >= 0.3 is 5.97 Å². The Morgan fingerprint density at radius 2 is 1.46 bits per heavy atom. The first-order valence-electron chi connectivity index (χ1n) is 11.2. The Kier molecular flexibility index (Phi) is 9.51. The summed E-state index contributed by atoms with van der Waals surface area (Å²) in [5.41, 5.74) is 3.05. The lowest BCUT2D eigenvalue weighted by atomic mass is 10.2. The molecule has 0 bridgehead atoms. The third-order valence-corrected chi connectivity index (χ3v) is 5.16. The number of amides is 2. The summed E-state index contributed by atoms with van der Waals surface area (Å²) in [6, 6.07) is 14.1. The van der Waals surface area contributed by atoms with E-state index >= 15 is 0 Å². The molecule has 39 heavy (non-hydrogen) atoms. The van der Waals surface area contributed by atoms with Crippen LogP contribution >= 0.6 is 0 Å². The van der Waals surface area contributed by atoms with E-state index in [1.165, 1.54) is 76.1 Å². The van der Waals surface area contributed by atoms with Gasteiger partial charge in [0.05, 0.1) is 44.6 Å². The number of ether oxygens (including phenoxy) is 4. The van der Waals surface area contributed by atoms with Gasteiger partial charge < -0.3 is 24.3 Å². The molecule has 0 aliphatic heterocycles. The van der Waals surface area contributed by atoms with Crippen molar-refractivity contribution in [2.45, 2.75) is 0 Å². The minimum Gasteiger partial charge on any atom is -0.493 e. The lowest BCUT2D eigenvalue weighted by Gasteiger charge is -2.10. The number of methoxy groups -OCH3 is 3. The Hall–Kier alpha value is -5.46. The minimum atomic E-state index is -0.730. The van der Waals surface area contributed by atoms with Gasteiger partial charge in [-0.1, -0.05) is 0 Å². The number of benzene rings is 3. The molecule has 2 amide bonds. The zero-order chi connectivity index (χ0) is 28.4. The van der Waals surface area contributed by atoms with Gasteiger partial charge in [0.1, 0.15) is 0 Å². The first-order chi connectivity index (χ1) is 18.7. The molecule has 0 heterocycles. The van der Waals surface area contributed by atoms with Crippen LogP contribution in [0.5, 0.6) is 23.0 Å². The number of rotatable bonds is 11. The molecule has 13 heteroatoms. The fourth-order valence-electron chi connectivity index (χ4n) is 3.19. The number of hydrazone groups is 1.